The lowest BCUT2D eigenvalue weighted by Gasteiger charge is -2.47. The number of ketones is 1. The van der Waals surface area contributed by atoms with E-state index in [0.29, 0.717) is 19.0 Å². The minimum Gasteiger partial charge on any atom is -0.493 e. The minimum absolute atomic E-state index is 0.122. The molecule has 1 aromatic carbocycles. The Morgan fingerprint density at radius 2 is 1.94 bits per heavy atom. The molecule has 32 heavy (non-hydrogen) atoms. The maximum Gasteiger partial charge on any atom is 0.343 e. The van der Waals surface area contributed by atoms with Crippen molar-refractivity contribution in [3.05, 3.63) is 35.0 Å². The van der Waals surface area contributed by atoms with Crippen LogP contribution in [0.15, 0.2) is 23.9 Å². The molecule has 0 amide bonds. The molecule has 2 aliphatic heterocycles. The summed E-state index contributed by atoms with van der Waals surface area (Å²) in [6.07, 6.45) is 5.92. The molecule has 0 saturated heterocycles. The summed E-state index contributed by atoms with van der Waals surface area (Å²) in [7, 11) is 3.31. The van der Waals surface area contributed by atoms with E-state index in [1.54, 1.807) is 27.3 Å². The lowest BCUT2D eigenvalue weighted by Crippen LogP contribution is -2.48. The highest BCUT2D eigenvalue weighted by atomic mass is 16.5. The topological polar surface area (TPSA) is 74.3 Å². The van der Waals surface area contributed by atoms with Gasteiger partial charge in [0.1, 0.15) is 5.57 Å². The molecule has 0 spiro atoms. The van der Waals surface area contributed by atoms with Crippen molar-refractivity contribution in [1.29, 1.82) is 0 Å². The molecule has 0 bridgehead atoms. The van der Waals surface area contributed by atoms with E-state index in [4.69, 9.17) is 18.9 Å². The Morgan fingerprint density at radius 1 is 1.16 bits per heavy atom. The first kappa shape index (κ1) is 22.6. The average Bonchev–Trinajstić information content (AvgIpc) is 3.53. The van der Waals surface area contributed by atoms with E-state index in [0.717, 1.165) is 37.0 Å². The maximum absolute atomic E-state index is 12.9. The molecule has 1 aromatic rings. The number of hydrogen-bond acceptors (Lipinski definition) is 7. The first-order valence-corrected chi connectivity index (χ1v) is 11.4. The van der Waals surface area contributed by atoms with E-state index in [-0.39, 0.29) is 41.9 Å². The van der Waals surface area contributed by atoms with Gasteiger partial charge in [0, 0.05) is 38.8 Å². The molecule has 1 fully saturated rings. The van der Waals surface area contributed by atoms with Gasteiger partial charge in [0.25, 0.3) is 0 Å². The van der Waals surface area contributed by atoms with Gasteiger partial charge in [-0.25, -0.2) is 4.79 Å². The SMILES string of the molecule is CCOC(=O)C1=CN2C(CC1=O)c1cc(OC)c(OCCCOC)cc1CC2C1(C)CC1. The Morgan fingerprint density at radius 3 is 2.59 bits per heavy atom. The van der Waals surface area contributed by atoms with Crippen molar-refractivity contribution in [1.82, 2.24) is 4.90 Å². The van der Waals surface area contributed by atoms with Crippen LogP contribution in [0.3, 0.4) is 0 Å². The molecule has 7 nitrogen and oxygen atoms in total. The van der Waals surface area contributed by atoms with Crippen LogP contribution < -0.4 is 9.47 Å². The molecule has 0 aromatic heterocycles. The molecule has 7 heteroatoms. The van der Waals surface area contributed by atoms with Gasteiger partial charge in [-0.1, -0.05) is 6.92 Å². The number of ether oxygens (including phenoxy) is 4. The van der Waals surface area contributed by atoms with E-state index in [1.807, 2.05) is 6.07 Å². The highest BCUT2D eigenvalue weighted by molar-refractivity contribution is 6.17. The van der Waals surface area contributed by atoms with Crippen LogP contribution in [0.5, 0.6) is 11.5 Å². The highest BCUT2D eigenvalue weighted by Crippen LogP contribution is 2.56. The van der Waals surface area contributed by atoms with Crippen LogP contribution in [0.4, 0.5) is 0 Å². The third-order valence-corrected chi connectivity index (χ3v) is 6.96. The third kappa shape index (κ3) is 4.22. The highest BCUT2D eigenvalue weighted by Gasteiger charge is 2.52. The number of esters is 1. The zero-order valence-electron chi connectivity index (χ0n) is 19.4. The summed E-state index contributed by atoms with van der Waals surface area (Å²) >= 11 is 0. The summed E-state index contributed by atoms with van der Waals surface area (Å²) < 4.78 is 21.9. The second-order valence-electron chi connectivity index (χ2n) is 9.12. The summed E-state index contributed by atoms with van der Waals surface area (Å²) in [6, 6.07) is 4.17. The number of hydrogen-bond donors (Lipinski definition) is 0. The molecule has 2 unspecified atom stereocenters. The van der Waals surface area contributed by atoms with E-state index >= 15 is 0 Å². The number of nitrogens with zero attached hydrogens (tertiary/aromatic N) is 1. The molecule has 174 valence electrons. The second-order valence-corrected chi connectivity index (χ2v) is 9.12. The fourth-order valence-electron chi connectivity index (χ4n) is 4.87. The van der Waals surface area contributed by atoms with Gasteiger partial charge < -0.3 is 23.8 Å². The fraction of sp³-hybridized carbons (Fsp3) is 0.600. The quantitative estimate of drug-likeness (QED) is 0.328. The lowest BCUT2D eigenvalue weighted by atomic mass is 9.78. The van der Waals surface area contributed by atoms with Crippen molar-refractivity contribution in [2.24, 2.45) is 5.41 Å². The second kappa shape index (κ2) is 9.14. The van der Waals surface area contributed by atoms with Crippen LogP contribution in [0, 0.1) is 5.41 Å². The van der Waals surface area contributed by atoms with Crippen molar-refractivity contribution >= 4 is 11.8 Å². The molecule has 1 saturated carbocycles. The largest absolute Gasteiger partial charge is 0.493 e. The number of fused-ring (bicyclic) bond motifs is 3. The number of carbonyl (C=O) groups is 2. The Hall–Kier alpha value is -2.54. The number of methoxy groups -OCH3 is 2. The van der Waals surface area contributed by atoms with Crippen LogP contribution in [0.2, 0.25) is 0 Å². The van der Waals surface area contributed by atoms with E-state index in [1.165, 1.54) is 5.56 Å². The normalized spacial score (nSPS) is 23.1. The minimum atomic E-state index is -0.529. The van der Waals surface area contributed by atoms with Crippen LogP contribution in [-0.4, -0.2) is 56.7 Å². The van der Waals surface area contributed by atoms with Gasteiger partial charge in [0.15, 0.2) is 17.3 Å². The molecule has 2 heterocycles. The van der Waals surface area contributed by atoms with Crippen molar-refractivity contribution < 1.29 is 28.5 Å². The lowest BCUT2D eigenvalue weighted by molar-refractivity contribution is -0.140. The van der Waals surface area contributed by atoms with Gasteiger partial charge in [-0.05, 0) is 54.9 Å². The zero-order valence-corrected chi connectivity index (χ0v) is 19.4. The van der Waals surface area contributed by atoms with Gasteiger partial charge >= 0.3 is 5.97 Å². The van der Waals surface area contributed by atoms with E-state index in [9.17, 15) is 9.59 Å². The third-order valence-electron chi connectivity index (χ3n) is 6.96. The monoisotopic (exact) mass is 443 g/mol. The summed E-state index contributed by atoms with van der Waals surface area (Å²) in [5, 5.41) is 0. The maximum atomic E-state index is 12.9. The zero-order chi connectivity index (χ0) is 22.9. The van der Waals surface area contributed by atoms with Gasteiger partial charge in [-0.15, -0.1) is 0 Å². The number of rotatable bonds is 9. The van der Waals surface area contributed by atoms with Gasteiger partial charge in [-0.3, -0.25) is 4.79 Å². The molecular formula is C25H33NO6. The van der Waals surface area contributed by atoms with Crippen molar-refractivity contribution in [2.75, 3.05) is 34.0 Å². The smallest absolute Gasteiger partial charge is 0.343 e. The Labute approximate surface area is 189 Å². The van der Waals surface area contributed by atoms with Gasteiger partial charge in [0.05, 0.1) is 26.4 Å². The molecule has 0 N–H and O–H groups in total. The van der Waals surface area contributed by atoms with Crippen molar-refractivity contribution in [3.8, 4) is 11.5 Å². The van der Waals surface area contributed by atoms with Crippen molar-refractivity contribution in [2.45, 2.75) is 58.0 Å². The Bertz CT molecular complexity index is 919. The van der Waals surface area contributed by atoms with Gasteiger partial charge in [0.2, 0.25) is 0 Å². The number of Topliss-reactive ketones (excluding diaryl/α,β-unsaturated/α-hetero) is 1. The molecule has 2 atom stereocenters. The van der Waals surface area contributed by atoms with Crippen LogP contribution >= 0.6 is 0 Å². The first-order valence-electron chi connectivity index (χ1n) is 11.4. The fourth-order valence-corrected chi connectivity index (χ4v) is 4.87. The summed E-state index contributed by atoms with van der Waals surface area (Å²) in [5.41, 5.74) is 2.59. The molecule has 1 aliphatic carbocycles. The van der Waals surface area contributed by atoms with Crippen LogP contribution in [0.1, 0.15) is 56.7 Å². The molecule has 3 aliphatic rings. The van der Waals surface area contributed by atoms with Crippen LogP contribution in [0.25, 0.3) is 0 Å². The number of benzene rings is 1. The van der Waals surface area contributed by atoms with Gasteiger partial charge in [-0.2, -0.15) is 0 Å². The van der Waals surface area contributed by atoms with E-state index < -0.39 is 5.97 Å². The Kier molecular flexibility index (Phi) is 6.47. The summed E-state index contributed by atoms with van der Waals surface area (Å²) in [4.78, 5) is 27.6. The standard InChI is InChI=1S/C25H33NO6/c1-5-31-24(28)18-15-26-19(14-20(18)27)17-13-21(30-4)22(32-10-6-9-29-3)11-16(17)12-23(26)25(2)7-8-25/h11,13,15,19,23H,5-10,12,14H2,1-4H3. The predicted molar refractivity (Wildman–Crippen MR) is 119 cm³/mol. The molecule has 4 rings (SSSR count). The predicted octanol–water partition coefficient (Wildman–Crippen LogP) is 3.60. The first-order chi connectivity index (χ1) is 15.4. The average molecular weight is 444 g/mol. The molecule has 0 radical (unpaired) electrons. The number of carbonyl (C=O) groups excluding carboxylic acids is 2. The Balaban J connectivity index is 1.70. The van der Waals surface area contributed by atoms with E-state index in [2.05, 4.69) is 17.9 Å². The summed E-state index contributed by atoms with van der Waals surface area (Å²) in [6.45, 7) is 5.48. The van der Waals surface area contributed by atoms with Crippen LogP contribution in [-0.2, 0) is 25.5 Å². The molecular weight excluding hydrogens is 410 g/mol. The summed E-state index contributed by atoms with van der Waals surface area (Å²) in [5.74, 6) is 0.681. The van der Waals surface area contributed by atoms with Crippen molar-refractivity contribution in [3.63, 3.8) is 0 Å².